The summed E-state index contributed by atoms with van der Waals surface area (Å²) in [6.07, 6.45) is -1.83. The molecule has 3 nitrogen and oxygen atoms in total. The van der Waals surface area contributed by atoms with Gasteiger partial charge in [0.25, 0.3) is 0 Å². The molecule has 0 saturated heterocycles. The van der Waals surface area contributed by atoms with E-state index in [1.54, 1.807) is 0 Å². The largest absolute Gasteiger partial charge is 0.503 e. The van der Waals surface area contributed by atoms with Crippen molar-refractivity contribution >= 4 is 46.6 Å². The molecule has 0 aromatic heterocycles. The molecule has 0 aliphatic rings. The smallest absolute Gasteiger partial charge is 0.450 e. The summed E-state index contributed by atoms with van der Waals surface area (Å²) >= 11 is 0. The number of hydrogen-bond donors (Lipinski definition) is 2. The van der Waals surface area contributed by atoms with Crippen molar-refractivity contribution < 1.29 is 32.1 Å². The van der Waals surface area contributed by atoms with Gasteiger partial charge in [-0.05, 0) is 0 Å². The summed E-state index contributed by atoms with van der Waals surface area (Å²) < 4.78 is 0. The van der Waals surface area contributed by atoms with Crippen molar-refractivity contribution in [2.45, 2.75) is 0 Å². The van der Waals surface area contributed by atoms with E-state index >= 15 is 0 Å². The molecule has 0 unspecified atom stereocenters. The quantitative estimate of drug-likeness (QED) is 0.423. The Kier molecular flexibility index (Phi) is 54.6. The van der Waals surface area contributed by atoms with E-state index in [-0.39, 0.29) is 57.5 Å². The molecular formula is CH7AlFeMgO3. The first-order valence-corrected chi connectivity index (χ1v) is 0.651. The zero-order valence-corrected chi connectivity index (χ0v) is 3.26. The Morgan fingerprint density at radius 2 is 1.29 bits per heavy atom. The van der Waals surface area contributed by atoms with Gasteiger partial charge in [-0.1, -0.05) is 0 Å². The third kappa shape index (κ3) is 155. The first kappa shape index (κ1) is 24.3. The molecule has 0 heterocycles. The second-order valence-corrected chi connectivity index (χ2v) is 0.283. The third-order valence-corrected chi connectivity index (χ3v) is 0. The summed E-state index contributed by atoms with van der Waals surface area (Å²) in [7, 11) is 0. The Morgan fingerprint density at radius 3 is 1.29 bits per heavy atom. The van der Waals surface area contributed by atoms with E-state index in [1.807, 2.05) is 0 Å². The predicted octanol–water partition coefficient (Wildman–Crippen LogP) is -1.88. The van der Waals surface area contributed by atoms with E-state index in [0.717, 1.165) is 0 Å². The topological polar surface area (TPSA) is 57.5 Å². The Labute approximate surface area is 78.2 Å². The molecule has 6 heteroatoms. The monoisotopic (exact) mass is 174 g/mol. The zero-order chi connectivity index (χ0) is 3.58. The molecule has 0 aromatic rings. The maximum absolute atomic E-state index is 8.56. The summed E-state index contributed by atoms with van der Waals surface area (Å²) in [5, 5.41) is 13.9. The van der Waals surface area contributed by atoms with Crippen molar-refractivity contribution in [2.75, 3.05) is 0 Å². The van der Waals surface area contributed by atoms with Crippen LogP contribution in [-0.2, 0) is 17.1 Å². The summed E-state index contributed by atoms with van der Waals surface area (Å²) in [6, 6.07) is 0. The van der Waals surface area contributed by atoms with Crippen LogP contribution in [0.15, 0.2) is 0 Å². The molecule has 0 bridgehead atoms. The summed E-state index contributed by atoms with van der Waals surface area (Å²) in [5.74, 6) is 0. The van der Waals surface area contributed by atoms with Gasteiger partial charge in [-0.2, -0.15) is 0 Å². The summed E-state index contributed by atoms with van der Waals surface area (Å²) in [4.78, 5) is 8.56. The van der Waals surface area contributed by atoms with Gasteiger partial charge >= 0.3 is 29.2 Å². The summed E-state index contributed by atoms with van der Waals surface area (Å²) in [6.45, 7) is 0. The van der Waals surface area contributed by atoms with E-state index < -0.39 is 6.16 Å². The van der Waals surface area contributed by atoms with Gasteiger partial charge in [-0.15, -0.1) is 0 Å². The second kappa shape index (κ2) is 15.7. The average molecular weight is 174 g/mol. The van der Waals surface area contributed by atoms with Gasteiger partial charge < -0.3 is 10.2 Å². The van der Waals surface area contributed by atoms with Crippen LogP contribution in [0.25, 0.3) is 0 Å². The average Bonchev–Trinajstić information content (AvgIpc) is 0.811. The van der Waals surface area contributed by atoms with E-state index in [1.165, 1.54) is 0 Å². The van der Waals surface area contributed by atoms with Gasteiger partial charge in [0, 0.05) is 17.1 Å². The molecule has 42 valence electrons. The molecular weight excluding hydrogens is 167 g/mol. The van der Waals surface area contributed by atoms with Crippen molar-refractivity contribution in [3.05, 3.63) is 0 Å². The van der Waals surface area contributed by atoms with Crippen LogP contribution in [0.2, 0.25) is 0 Å². The molecule has 0 amide bonds. The van der Waals surface area contributed by atoms with Gasteiger partial charge in [-0.25, -0.2) is 4.79 Å². The molecule has 2 N–H and O–H groups in total. The van der Waals surface area contributed by atoms with Crippen LogP contribution in [0, 0.1) is 0 Å². The molecule has 7 heavy (non-hydrogen) atoms. The molecule has 0 rings (SSSR count). The minimum Gasteiger partial charge on any atom is -0.450 e. The van der Waals surface area contributed by atoms with Crippen LogP contribution in [0.4, 0.5) is 4.79 Å². The molecule has 0 fully saturated rings. The predicted molar refractivity (Wildman–Crippen MR) is 29.1 cm³/mol. The van der Waals surface area contributed by atoms with Crippen LogP contribution in [0.3, 0.4) is 0 Å². The fourth-order valence-electron chi connectivity index (χ4n) is 0. The van der Waals surface area contributed by atoms with E-state index in [9.17, 15) is 0 Å². The van der Waals surface area contributed by atoms with Gasteiger partial charge in [0.15, 0.2) is 17.4 Å². The van der Waals surface area contributed by atoms with Crippen molar-refractivity contribution in [1.82, 2.24) is 0 Å². The minimum absolute atomic E-state index is 0. The number of hydrogen-bond acceptors (Lipinski definition) is 1. The van der Waals surface area contributed by atoms with Crippen LogP contribution in [0.1, 0.15) is 0 Å². The van der Waals surface area contributed by atoms with Gasteiger partial charge in [0.05, 0.1) is 0 Å². The van der Waals surface area contributed by atoms with Gasteiger partial charge in [-0.3, -0.25) is 0 Å². The first-order chi connectivity index (χ1) is 1.73. The van der Waals surface area contributed by atoms with Crippen molar-refractivity contribution in [3.8, 4) is 0 Å². The van der Waals surface area contributed by atoms with Gasteiger partial charge in [0.1, 0.15) is 0 Å². The molecule has 0 atom stereocenters. The maximum atomic E-state index is 8.56. The van der Waals surface area contributed by atoms with Crippen LogP contribution in [-0.4, -0.2) is 56.8 Å². The van der Waals surface area contributed by atoms with Crippen molar-refractivity contribution in [2.24, 2.45) is 0 Å². The van der Waals surface area contributed by atoms with E-state index in [0.29, 0.717) is 0 Å². The normalized spacial score (nSPS) is 3.43. The third-order valence-electron chi connectivity index (χ3n) is 0. The SMILES string of the molecule is O=C(O)O.[AlH3].[Fe].[MgH2]. The van der Waals surface area contributed by atoms with Crippen molar-refractivity contribution in [1.29, 1.82) is 0 Å². The number of rotatable bonds is 0. The van der Waals surface area contributed by atoms with Crippen LogP contribution in [0.5, 0.6) is 0 Å². The molecule has 0 radical (unpaired) electrons. The fraction of sp³-hybridized carbons (Fsp3) is 0. The molecule has 0 aromatic carbocycles. The van der Waals surface area contributed by atoms with Crippen LogP contribution >= 0.6 is 0 Å². The zero-order valence-electron chi connectivity index (χ0n) is 2.16. The second-order valence-electron chi connectivity index (χ2n) is 0.283. The summed E-state index contributed by atoms with van der Waals surface area (Å²) in [5.41, 5.74) is 0. The fourth-order valence-corrected chi connectivity index (χ4v) is 0. The van der Waals surface area contributed by atoms with Crippen LogP contribution < -0.4 is 0 Å². The first-order valence-electron chi connectivity index (χ1n) is 0.651. The Bertz CT molecular complexity index is 37.9. The van der Waals surface area contributed by atoms with Gasteiger partial charge in [0.2, 0.25) is 0 Å². The standard InChI is InChI=1S/CH2O3.Al.Fe.Mg.5H/c2-1(3)4;;;;;;;;/h(H2,2,3,4);;;;;;;;. The maximum Gasteiger partial charge on any atom is 0.503 e. The Hall–Kier alpha value is 1.09. The molecule has 0 aliphatic heterocycles. The van der Waals surface area contributed by atoms with E-state index in [2.05, 4.69) is 0 Å². The Balaban J connectivity index is -0.0000000150. The Morgan fingerprint density at radius 1 is 1.29 bits per heavy atom. The number of carboxylic acid groups (broad SMARTS) is 2. The minimum atomic E-state index is -1.83. The molecule has 0 saturated carbocycles. The van der Waals surface area contributed by atoms with Crippen molar-refractivity contribution in [3.63, 3.8) is 0 Å². The molecule has 0 aliphatic carbocycles. The van der Waals surface area contributed by atoms with E-state index in [4.69, 9.17) is 15.0 Å². The number of carbonyl (C=O) groups is 1. The molecule has 0 spiro atoms.